The Labute approximate surface area is 145 Å². The molecule has 1 amide bonds. The van der Waals surface area contributed by atoms with Crippen molar-refractivity contribution in [1.29, 1.82) is 5.26 Å². The fourth-order valence-electron chi connectivity index (χ4n) is 2.45. The lowest BCUT2D eigenvalue weighted by Gasteiger charge is -2.09. The van der Waals surface area contributed by atoms with Gasteiger partial charge in [-0.2, -0.15) is 10.4 Å². The summed E-state index contributed by atoms with van der Waals surface area (Å²) in [5, 5.41) is 13.2. The molecule has 1 aromatic carbocycles. The van der Waals surface area contributed by atoms with Crippen LogP contribution >= 0.6 is 0 Å². The van der Waals surface area contributed by atoms with E-state index in [0.29, 0.717) is 29.9 Å². The fraction of sp³-hybridized carbons (Fsp3) is 0.353. The van der Waals surface area contributed by atoms with E-state index in [1.807, 2.05) is 6.07 Å². The number of hydrogen-bond donors (Lipinski definition) is 2. The average Bonchev–Trinajstić information content (AvgIpc) is 2.85. The molecule has 0 aliphatic heterocycles. The lowest BCUT2D eigenvalue weighted by atomic mass is 10.1. The number of nitriles is 1. The van der Waals surface area contributed by atoms with Crippen LogP contribution in [-0.4, -0.2) is 22.8 Å². The zero-order valence-electron chi connectivity index (χ0n) is 14.4. The molecule has 0 aliphatic rings. The van der Waals surface area contributed by atoms with Gasteiger partial charge >= 0.3 is 0 Å². The Hall–Kier alpha value is -3.08. The molecule has 0 spiro atoms. The topological polar surface area (TPSA) is 92.0 Å². The summed E-state index contributed by atoms with van der Waals surface area (Å²) in [5.41, 5.74) is 7.05. The second-order valence-electron chi connectivity index (χ2n) is 5.54. The summed E-state index contributed by atoms with van der Waals surface area (Å²) in [7, 11) is 3.09. The van der Waals surface area contributed by atoms with Crippen LogP contribution in [0.5, 0.6) is 5.75 Å². The first kappa shape index (κ1) is 18.3. The predicted molar refractivity (Wildman–Crippen MR) is 90.3 cm³/mol. The Morgan fingerprint density at radius 1 is 1.48 bits per heavy atom. The van der Waals surface area contributed by atoms with Crippen LogP contribution in [0.2, 0.25) is 0 Å². The van der Waals surface area contributed by atoms with E-state index in [2.05, 4.69) is 16.0 Å². The molecule has 0 fully saturated rings. The van der Waals surface area contributed by atoms with E-state index in [1.54, 1.807) is 26.1 Å². The Balaban J connectivity index is 1.82. The number of hydrazine groups is 1. The Bertz CT molecular complexity index is 810. The first-order chi connectivity index (χ1) is 12.0. The van der Waals surface area contributed by atoms with Crippen molar-refractivity contribution in [3.05, 3.63) is 40.8 Å². The number of carbonyl (C=O) groups excluding carboxylic acids is 1. The molecule has 132 valence electrons. The normalized spacial score (nSPS) is 10.2. The third-order valence-corrected chi connectivity index (χ3v) is 3.74. The SMILES string of the molecule is COc1ccc(CCCC(=O)NNc2c(C#N)c(C)nn2C)cc1F. The Kier molecular flexibility index (Phi) is 5.95. The standard InChI is InChI=1S/C17H20FN5O2/c1-11-13(10-19)17(23(2)22-11)21-20-16(24)6-4-5-12-7-8-15(25-3)14(18)9-12/h7-9,21H,4-6H2,1-3H3,(H,20,24). The minimum Gasteiger partial charge on any atom is -0.494 e. The maximum Gasteiger partial charge on any atom is 0.238 e. The average molecular weight is 345 g/mol. The van der Waals surface area contributed by atoms with Crippen LogP contribution < -0.4 is 15.6 Å². The molecule has 25 heavy (non-hydrogen) atoms. The van der Waals surface area contributed by atoms with Crippen molar-refractivity contribution >= 4 is 11.7 Å². The molecule has 2 aromatic rings. The zero-order valence-corrected chi connectivity index (χ0v) is 14.4. The molecular formula is C17H20FN5O2. The molecule has 7 nitrogen and oxygen atoms in total. The summed E-state index contributed by atoms with van der Waals surface area (Å²) in [6.45, 7) is 1.72. The first-order valence-electron chi connectivity index (χ1n) is 7.77. The molecule has 1 heterocycles. The van der Waals surface area contributed by atoms with Crippen molar-refractivity contribution in [2.24, 2.45) is 7.05 Å². The zero-order chi connectivity index (χ0) is 18.4. The van der Waals surface area contributed by atoms with Crippen LogP contribution in [0, 0.1) is 24.1 Å². The van der Waals surface area contributed by atoms with Gasteiger partial charge in [-0.15, -0.1) is 0 Å². The second kappa shape index (κ2) is 8.15. The molecule has 0 bridgehead atoms. The summed E-state index contributed by atoms with van der Waals surface area (Å²) in [6, 6.07) is 6.80. The summed E-state index contributed by atoms with van der Waals surface area (Å²) in [4.78, 5) is 11.9. The summed E-state index contributed by atoms with van der Waals surface area (Å²) in [6.07, 6.45) is 1.40. The van der Waals surface area contributed by atoms with Gasteiger partial charge in [0.15, 0.2) is 17.4 Å². The molecule has 2 rings (SSSR count). The van der Waals surface area contributed by atoms with Gasteiger partial charge in [0.2, 0.25) is 5.91 Å². The van der Waals surface area contributed by atoms with Crippen molar-refractivity contribution in [3.63, 3.8) is 0 Å². The third-order valence-electron chi connectivity index (χ3n) is 3.74. The van der Waals surface area contributed by atoms with Crippen LogP contribution in [0.15, 0.2) is 18.2 Å². The number of benzene rings is 1. The fourth-order valence-corrected chi connectivity index (χ4v) is 2.45. The summed E-state index contributed by atoms with van der Waals surface area (Å²) >= 11 is 0. The van der Waals surface area contributed by atoms with Crippen LogP contribution in [0.1, 0.15) is 29.7 Å². The van der Waals surface area contributed by atoms with Crippen molar-refractivity contribution < 1.29 is 13.9 Å². The molecule has 8 heteroatoms. The van der Waals surface area contributed by atoms with Crippen LogP contribution in [0.3, 0.4) is 0 Å². The number of rotatable bonds is 7. The quantitative estimate of drug-likeness (QED) is 0.751. The molecule has 0 unspecified atom stereocenters. The smallest absolute Gasteiger partial charge is 0.238 e. The van der Waals surface area contributed by atoms with Crippen molar-refractivity contribution in [2.45, 2.75) is 26.2 Å². The van der Waals surface area contributed by atoms with Gasteiger partial charge < -0.3 is 4.74 Å². The van der Waals surface area contributed by atoms with Gasteiger partial charge in [0.25, 0.3) is 0 Å². The van der Waals surface area contributed by atoms with E-state index < -0.39 is 5.82 Å². The van der Waals surface area contributed by atoms with Crippen molar-refractivity contribution in [1.82, 2.24) is 15.2 Å². The molecule has 0 atom stereocenters. The minimum absolute atomic E-state index is 0.200. The Morgan fingerprint density at radius 3 is 2.88 bits per heavy atom. The summed E-state index contributed by atoms with van der Waals surface area (Å²) in [5.74, 6) is -0.00510. The largest absolute Gasteiger partial charge is 0.494 e. The number of halogens is 1. The molecule has 0 saturated heterocycles. The van der Waals surface area contributed by atoms with E-state index in [0.717, 1.165) is 5.56 Å². The van der Waals surface area contributed by atoms with Gasteiger partial charge in [-0.1, -0.05) is 6.07 Å². The van der Waals surface area contributed by atoms with Crippen LogP contribution in [0.4, 0.5) is 10.2 Å². The van der Waals surface area contributed by atoms with E-state index in [-0.39, 0.29) is 18.1 Å². The van der Waals surface area contributed by atoms with E-state index >= 15 is 0 Å². The van der Waals surface area contributed by atoms with Gasteiger partial charge in [-0.25, -0.2) is 4.39 Å². The lowest BCUT2D eigenvalue weighted by molar-refractivity contribution is -0.120. The van der Waals surface area contributed by atoms with E-state index in [9.17, 15) is 9.18 Å². The summed E-state index contributed by atoms with van der Waals surface area (Å²) < 4.78 is 20.0. The first-order valence-corrected chi connectivity index (χ1v) is 7.77. The Morgan fingerprint density at radius 2 is 2.24 bits per heavy atom. The van der Waals surface area contributed by atoms with E-state index in [4.69, 9.17) is 10.00 Å². The van der Waals surface area contributed by atoms with Crippen molar-refractivity contribution in [2.75, 3.05) is 12.5 Å². The number of anilines is 1. The minimum atomic E-state index is -0.415. The number of hydrogen-bond acceptors (Lipinski definition) is 5. The van der Waals surface area contributed by atoms with Gasteiger partial charge in [0.1, 0.15) is 11.6 Å². The van der Waals surface area contributed by atoms with Gasteiger partial charge in [-0.05, 0) is 37.5 Å². The highest BCUT2D eigenvalue weighted by molar-refractivity contribution is 5.77. The second-order valence-corrected chi connectivity index (χ2v) is 5.54. The van der Waals surface area contributed by atoms with Crippen molar-refractivity contribution in [3.8, 4) is 11.8 Å². The maximum atomic E-state index is 13.6. The molecule has 0 saturated carbocycles. The van der Waals surface area contributed by atoms with Crippen LogP contribution in [0.25, 0.3) is 0 Å². The highest BCUT2D eigenvalue weighted by Crippen LogP contribution is 2.19. The number of aryl methyl sites for hydroxylation is 3. The van der Waals surface area contributed by atoms with Gasteiger partial charge in [0, 0.05) is 13.5 Å². The molecule has 1 aromatic heterocycles. The number of nitrogens with zero attached hydrogens (tertiary/aromatic N) is 3. The predicted octanol–water partition coefficient (Wildman–Crippen LogP) is 2.21. The lowest BCUT2D eigenvalue weighted by Crippen LogP contribution is -2.30. The van der Waals surface area contributed by atoms with Crippen LogP contribution in [-0.2, 0) is 18.3 Å². The number of amides is 1. The molecule has 2 N–H and O–H groups in total. The van der Waals surface area contributed by atoms with Gasteiger partial charge in [-0.3, -0.25) is 20.3 Å². The van der Waals surface area contributed by atoms with Gasteiger partial charge in [0.05, 0.1) is 12.8 Å². The maximum absolute atomic E-state index is 13.6. The highest BCUT2D eigenvalue weighted by atomic mass is 19.1. The molecule has 0 aliphatic carbocycles. The number of ether oxygens (including phenoxy) is 1. The number of methoxy groups -OCH3 is 1. The molecular weight excluding hydrogens is 325 g/mol. The monoisotopic (exact) mass is 345 g/mol. The third kappa shape index (κ3) is 4.47. The number of carbonyl (C=O) groups is 1. The molecule has 0 radical (unpaired) electrons. The highest BCUT2D eigenvalue weighted by Gasteiger charge is 2.13. The number of nitrogens with one attached hydrogen (secondary N) is 2. The number of aromatic nitrogens is 2. The van der Waals surface area contributed by atoms with E-state index in [1.165, 1.54) is 17.9 Å².